The molecule has 1 aliphatic rings. The Morgan fingerprint density at radius 2 is 2.24 bits per heavy atom. The Labute approximate surface area is 102 Å². The summed E-state index contributed by atoms with van der Waals surface area (Å²) in [6.45, 7) is 6.06. The fourth-order valence-corrected chi connectivity index (χ4v) is 2.31. The van der Waals surface area contributed by atoms with Crippen LogP contribution in [-0.4, -0.2) is 28.9 Å². The van der Waals surface area contributed by atoms with Gasteiger partial charge in [-0.3, -0.25) is 4.79 Å². The van der Waals surface area contributed by atoms with Crippen LogP contribution in [0.3, 0.4) is 0 Å². The molecular formula is C13H19N3O. The smallest absolute Gasteiger partial charge is 0.255 e. The standard InChI is InChI=1S/C13H19N3O/c1-13(2)6-3-7-16(9-13)12(17)10-4-5-11(14)15-8-10/h4-5,8H,3,6-7,9H2,1-2H3,(H2,14,15). The molecule has 0 aromatic carbocycles. The molecule has 2 rings (SSSR count). The number of hydrogen-bond donors (Lipinski definition) is 1. The van der Waals surface area contributed by atoms with Crippen molar-refractivity contribution in [3.05, 3.63) is 23.9 Å². The van der Waals surface area contributed by atoms with Crippen molar-refractivity contribution in [3.63, 3.8) is 0 Å². The molecule has 1 aromatic heterocycles. The van der Waals surface area contributed by atoms with Crippen molar-refractivity contribution in [2.45, 2.75) is 26.7 Å². The summed E-state index contributed by atoms with van der Waals surface area (Å²) in [6, 6.07) is 3.41. The van der Waals surface area contributed by atoms with E-state index >= 15 is 0 Å². The van der Waals surface area contributed by atoms with Gasteiger partial charge in [-0.05, 0) is 30.4 Å². The molecule has 1 aliphatic heterocycles. The molecule has 17 heavy (non-hydrogen) atoms. The first-order chi connectivity index (χ1) is 7.98. The van der Waals surface area contributed by atoms with E-state index in [1.807, 2.05) is 4.90 Å². The Balaban J connectivity index is 2.12. The lowest BCUT2D eigenvalue weighted by molar-refractivity contribution is 0.0583. The Morgan fingerprint density at radius 3 is 2.82 bits per heavy atom. The van der Waals surface area contributed by atoms with E-state index in [-0.39, 0.29) is 11.3 Å². The van der Waals surface area contributed by atoms with Crippen molar-refractivity contribution in [3.8, 4) is 0 Å². The van der Waals surface area contributed by atoms with Gasteiger partial charge in [-0.25, -0.2) is 4.98 Å². The minimum atomic E-state index is 0.0604. The molecule has 1 aromatic rings. The highest BCUT2D eigenvalue weighted by Gasteiger charge is 2.29. The van der Waals surface area contributed by atoms with Crippen LogP contribution in [0.15, 0.2) is 18.3 Å². The first kappa shape index (κ1) is 11.9. The number of aromatic nitrogens is 1. The highest BCUT2D eigenvalue weighted by atomic mass is 16.2. The number of nitrogen functional groups attached to an aromatic ring is 1. The number of nitrogens with two attached hydrogens (primary N) is 1. The molecule has 1 saturated heterocycles. The first-order valence-electron chi connectivity index (χ1n) is 5.99. The zero-order valence-corrected chi connectivity index (χ0v) is 10.4. The minimum absolute atomic E-state index is 0.0604. The molecular weight excluding hydrogens is 214 g/mol. The maximum Gasteiger partial charge on any atom is 0.255 e. The van der Waals surface area contributed by atoms with E-state index in [2.05, 4.69) is 18.8 Å². The molecule has 2 heterocycles. The molecule has 4 nitrogen and oxygen atoms in total. The van der Waals surface area contributed by atoms with Gasteiger partial charge in [0.1, 0.15) is 5.82 Å². The summed E-state index contributed by atoms with van der Waals surface area (Å²) in [5.41, 5.74) is 6.35. The van der Waals surface area contributed by atoms with Crippen LogP contribution in [0.25, 0.3) is 0 Å². The summed E-state index contributed by atoms with van der Waals surface area (Å²) in [5.74, 6) is 0.505. The summed E-state index contributed by atoms with van der Waals surface area (Å²) in [6.07, 6.45) is 3.80. The molecule has 0 spiro atoms. The topological polar surface area (TPSA) is 59.2 Å². The van der Waals surface area contributed by atoms with Crippen LogP contribution in [0.4, 0.5) is 5.82 Å². The van der Waals surface area contributed by atoms with Crippen molar-refractivity contribution in [1.82, 2.24) is 9.88 Å². The van der Waals surface area contributed by atoms with E-state index in [1.54, 1.807) is 18.3 Å². The van der Waals surface area contributed by atoms with Gasteiger partial charge in [-0.2, -0.15) is 0 Å². The highest BCUT2D eigenvalue weighted by molar-refractivity contribution is 5.94. The van der Waals surface area contributed by atoms with Crippen molar-refractivity contribution in [2.75, 3.05) is 18.8 Å². The Morgan fingerprint density at radius 1 is 1.47 bits per heavy atom. The number of carbonyl (C=O) groups excluding carboxylic acids is 1. The Hall–Kier alpha value is -1.58. The maximum absolute atomic E-state index is 12.2. The number of carbonyl (C=O) groups is 1. The zero-order valence-electron chi connectivity index (χ0n) is 10.4. The number of piperidine rings is 1. The van der Waals surface area contributed by atoms with Crippen LogP contribution >= 0.6 is 0 Å². The van der Waals surface area contributed by atoms with Gasteiger partial charge >= 0.3 is 0 Å². The summed E-state index contributed by atoms with van der Waals surface area (Å²) >= 11 is 0. The minimum Gasteiger partial charge on any atom is -0.384 e. The quantitative estimate of drug-likeness (QED) is 0.806. The van der Waals surface area contributed by atoms with E-state index in [0.29, 0.717) is 11.4 Å². The zero-order chi connectivity index (χ0) is 12.5. The van der Waals surface area contributed by atoms with E-state index < -0.39 is 0 Å². The summed E-state index contributed by atoms with van der Waals surface area (Å²) < 4.78 is 0. The van der Waals surface area contributed by atoms with Gasteiger partial charge in [0.05, 0.1) is 5.56 Å². The van der Waals surface area contributed by atoms with Crippen LogP contribution in [0, 0.1) is 5.41 Å². The van der Waals surface area contributed by atoms with Crippen LogP contribution in [0.1, 0.15) is 37.0 Å². The largest absolute Gasteiger partial charge is 0.384 e. The second-order valence-corrected chi connectivity index (χ2v) is 5.47. The third-order valence-electron chi connectivity index (χ3n) is 3.22. The van der Waals surface area contributed by atoms with Crippen LogP contribution in [0.5, 0.6) is 0 Å². The Bertz CT molecular complexity index is 411. The van der Waals surface area contributed by atoms with Crippen LogP contribution in [-0.2, 0) is 0 Å². The average molecular weight is 233 g/mol. The van der Waals surface area contributed by atoms with Crippen molar-refractivity contribution >= 4 is 11.7 Å². The van der Waals surface area contributed by atoms with Gasteiger partial charge in [-0.1, -0.05) is 13.8 Å². The number of nitrogens with zero attached hydrogens (tertiary/aromatic N) is 2. The molecule has 4 heteroatoms. The lowest BCUT2D eigenvalue weighted by Gasteiger charge is -2.38. The highest BCUT2D eigenvalue weighted by Crippen LogP contribution is 2.29. The number of rotatable bonds is 1. The molecule has 1 amide bonds. The summed E-state index contributed by atoms with van der Waals surface area (Å²) in [5, 5.41) is 0. The van der Waals surface area contributed by atoms with Gasteiger partial charge in [-0.15, -0.1) is 0 Å². The maximum atomic E-state index is 12.2. The molecule has 92 valence electrons. The van der Waals surface area contributed by atoms with Crippen molar-refractivity contribution in [2.24, 2.45) is 5.41 Å². The number of likely N-dealkylation sites (tertiary alicyclic amines) is 1. The molecule has 0 bridgehead atoms. The van der Waals surface area contributed by atoms with Crippen LogP contribution in [0.2, 0.25) is 0 Å². The molecule has 0 aliphatic carbocycles. The van der Waals surface area contributed by atoms with E-state index in [9.17, 15) is 4.79 Å². The normalized spacial score (nSPS) is 19.1. The number of hydrogen-bond acceptors (Lipinski definition) is 3. The van der Waals surface area contributed by atoms with Gasteiger partial charge in [0.15, 0.2) is 0 Å². The van der Waals surface area contributed by atoms with Crippen LogP contribution < -0.4 is 5.73 Å². The molecule has 0 atom stereocenters. The lowest BCUT2D eigenvalue weighted by atomic mass is 9.84. The van der Waals surface area contributed by atoms with E-state index in [1.165, 1.54) is 6.42 Å². The van der Waals surface area contributed by atoms with Gasteiger partial charge in [0, 0.05) is 19.3 Å². The lowest BCUT2D eigenvalue weighted by Crippen LogP contribution is -2.43. The monoisotopic (exact) mass is 233 g/mol. The predicted molar refractivity (Wildman–Crippen MR) is 67.6 cm³/mol. The fraction of sp³-hybridized carbons (Fsp3) is 0.538. The van der Waals surface area contributed by atoms with Crippen molar-refractivity contribution < 1.29 is 4.79 Å². The second kappa shape index (κ2) is 4.35. The first-order valence-corrected chi connectivity index (χ1v) is 5.99. The fourth-order valence-electron chi connectivity index (χ4n) is 2.31. The summed E-state index contributed by atoms with van der Waals surface area (Å²) in [4.78, 5) is 18.1. The number of pyridine rings is 1. The Kier molecular flexibility index (Phi) is 3.05. The van der Waals surface area contributed by atoms with E-state index in [0.717, 1.165) is 19.5 Å². The molecule has 0 unspecified atom stereocenters. The number of anilines is 1. The van der Waals surface area contributed by atoms with E-state index in [4.69, 9.17) is 5.73 Å². The van der Waals surface area contributed by atoms with Gasteiger partial charge in [0.25, 0.3) is 5.91 Å². The van der Waals surface area contributed by atoms with Gasteiger partial charge in [0.2, 0.25) is 0 Å². The van der Waals surface area contributed by atoms with Gasteiger partial charge < -0.3 is 10.6 Å². The predicted octanol–water partition coefficient (Wildman–Crippen LogP) is 1.93. The number of amides is 1. The second-order valence-electron chi connectivity index (χ2n) is 5.47. The third-order valence-corrected chi connectivity index (χ3v) is 3.22. The molecule has 1 fully saturated rings. The molecule has 2 N–H and O–H groups in total. The summed E-state index contributed by atoms with van der Waals surface area (Å²) in [7, 11) is 0. The SMILES string of the molecule is CC1(C)CCCN(C(=O)c2ccc(N)nc2)C1. The molecule has 0 radical (unpaired) electrons. The van der Waals surface area contributed by atoms with Crippen molar-refractivity contribution in [1.29, 1.82) is 0 Å². The average Bonchev–Trinajstić information content (AvgIpc) is 2.28. The third kappa shape index (κ3) is 2.75. The molecule has 0 saturated carbocycles.